The average molecular weight is 261 g/mol. The number of fused-ring (bicyclic) bond motifs is 1. The van der Waals surface area contributed by atoms with Crippen LogP contribution in [0.25, 0.3) is 17.2 Å². The number of benzene rings is 1. The van der Waals surface area contributed by atoms with Gasteiger partial charge in [0.2, 0.25) is 5.58 Å². The van der Waals surface area contributed by atoms with E-state index >= 15 is 0 Å². The van der Waals surface area contributed by atoms with Gasteiger partial charge >= 0.3 is 5.89 Å². The number of hydrogen-bond acceptors (Lipinski definition) is 3. The van der Waals surface area contributed by atoms with Gasteiger partial charge in [0.1, 0.15) is 7.05 Å². The zero-order valence-corrected chi connectivity index (χ0v) is 11.7. The molecule has 0 spiro atoms. The van der Waals surface area contributed by atoms with Gasteiger partial charge in [0, 0.05) is 24.9 Å². The predicted octanol–water partition coefficient (Wildman–Crippen LogP) is 2.62. The van der Waals surface area contributed by atoms with Crippen LogP contribution < -0.4 is 4.57 Å². The van der Waals surface area contributed by atoms with Gasteiger partial charge in [-0.3, -0.25) is 0 Å². The molecule has 0 amide bonds. The number of thioether (sulfide) groups is 1. The second-order valence-corrected chi connectivity index (χ2v) is 6.22. The van der Waals surface area contributed by atoms with E-state index in [0.717, 1.165) is 23.5 Å². The zero-order valence-electron chi connectivity index (χ0n) is 10.9. The van der Waals surface area contributed by atoms with Gasteiger partial charge in [0.25, 0.3) is 5.52 Å². The van der Waals surface area contributed by atoms with Crippen LogP contribution >= 0.6 is 11.8 Å². The smallest absolute Gasteiger partial charge is 0.376 e. The summed E-state index contributed by atoms with van der Waals surface area (Å²) in [5.74, 6) is 0.902. The molecule has 0 aliphatic carbocycles. The number of oxazole rings is 1. The number of aryl methyl sites for hydroxylation is 1. The molecule has 1 aromatic heterocycles. The summed E-state index contributed by atoms with van der Waals surface area (Å²) in [7, 11) is 4.17. The van der Waals surface area contributed by atoms with E-state index in [1.165, 1.54) is 5.03 Å². The third kappa shape index (κ3) is 1.90. The summed E-state index contributed by atoms with van der Waals surface area (Å²) >= 11 is 1.90. The summed E-state index contributed by atoms with van der Waals surface area (Å²) in [5, 5.41) is 1.92. The summed E-state index contributed by atoms with van der Waals surface area (Å²) < 4.78 is 7.99. The Morgan fingerprint density at radius 3 is 2.89 bits per heavy atom. The maximum Gasteiger partial charge on any atom is 0.376 e. The van der Waals surface area contributed by atoms with Crippen LogP contribution in [-0.4, -0.2) is 23.7 Å². The summed E-state index contributed by atoms with van der Waals surface area (Å²) in [5.41, 5.74) is 2.06. The van der Waals surface area contributed by atoms with Crippen LogP contribution in [-0.2, 0) is 7.05 Å². The molecule has 1 aromatic carbocycles. The van der Waals surface area contributed by atoms with Gasteiger partial charge in [0.15, 0.2) is 0 Å². The molecule has 3 rings (SSSR count). The van der Waals surface area contributed by atoms with Crippen LogP contribution in [0.15, 0.2) is 33.7 Å². The van der Waals surface area contributed by atoms with Crippen LogP contribution in [0.5, 0.6) is 0 Å². The Balaban J connectivity index is 2.05. The lowest BCUT2D eigenvalue weighted by atomic mass is 10.3. The lowest BCUT2D eigenvalue weighted by molar-refractivity contribution is -0.652. The number of nitrogens with zero attached hydrogens (tertiary/aromatic N) is 2. The first-order valence-electron chi connectivity index (χ1n) is 6.12. The zero-order chi connectivity index (χ0) is 12.7. The van der Waals surface area contributed by atoms with Crippen molar-refractivity contribution in [2.24, 2.45) is 7.05 Å². The molecule has 1 unspecified atom stereocenters. The Hall–Kier alpha value is -1.42. The van der Waals surface area contributed by atoms with E-state index in [9.17, 15) is 0 Å². The molecule has 18 heavy (non-hydrogen) atoms. The van der Waals surface area contributed by atoms with E-state index in [1.807, 2.05) is 37.0 Å². The van der Waals surface area contributed by atoms with Crippen molar-refractivity contribution in [1.82, 2.24) is 4.90 Å². The highest BCUT2D eigenvalue weighted by molar-refractivity contribution is 8.04. The number of para-hydroxylation sites is 2. The molecule has 3 nitrogen and oxygen atoms in total. The Morgan fingerprint density at radius 2 is 2.22 bits per heavy atom. The monoisotopic (exact) mass is 261 g/mol. The van der Waals surface area contributed by atoms with Crippen LogP contribution in [0.3, 0.4) is 0 Å². The summed E-state index contributed by atoms with van der Waals surface area (Å²) in [6.45, 7) is 3.35. The molecule has 94 valence electrons. The molecule has 1 saturated heterocycles. The predicted molar refractivity (Wildman–Crippen MR) is 75.1 cm³/mol. The first kappa shape index (κ1) is 11.7. The lowest BCUT2D eigenvalue weighted by Crippen LogP contribution is -2.29. The second kappa shape index (κ2) is 4.35. The van der Waals surface area contributed by atoms with E-state index in [2.05, 4.69) is 35.6 Å². The largest absolute Gasteiger partial charge is 0.398 e. The topological polar surface area (TPSA) is 20.3 Å². The van der Waals surface area contributed by atoms with Crippen molar-refractivity contribution >= 4 is 28.9 Å². The fourth-order valence-corrected chi connectivity index (χ4v) is 3.44. The van der Waals surface area contributed by atoms with Crippen LogP contribution in [0.2, 0.25) is 0 Å². The Bertz CT molecular complexity index is 617. The van der Waals surface area contributed by atoms with Crippen molar-refractivity contribution in [3.63, 3.8) is 0 Å². The minimum absolute atomic E-state index is 0.649. The minimum Gasteiger partial charge on any atom is -0.398 e. The van der Waals surface area contributed by atoms with Gasteiger partial charge < -0.3 is 9.32 Å². The van der Waals surface area contributed by atoms with Crippen molar-refractivity contribution in [1.29, 1.82) is 0 Å². The molecule has 1 aliphatic heterocycles. The second-order valence-electron chi connectivity index (χ2n) is 4.76. The number of rotatable bonds is 1. The van der Waals surface area contributed by atoms with Gasteiger partial charge in [0.05, 0.1) is 11.1 Å². The highest BCUT2D eigenvalue weighted by Crippen LogP contribution is 2.33. The van der Waals surface area contributed by atoms with Crippen LogP contribution in [0, 0.1) is 0 Å². The molecule has 2 aromatic rings. The van der Waals surface area contributed by atoms with Gasteiger partial charge in [-0.1, -0.05) is 19.1 Å². The fraction of sp³-hybridized carbons (Fsp3) is 0.357. The van der Waals surface area contributed by atoms with Gasteiger partial charge in [-0.15, -0.1) is 11.8 Å². The minimum atomic E-state index is 0.649. The first-order valence-corrected chi connectivity index (χ1v) is 7.00. The number of aromatic nitrogens is 1. The fourth-order valence-electron chi connectivity index (χ4n) is 2.31. The van der Waals surface area contributed by atoms with E-state index in [1.54, 1.807) is 0 Å². The van der Waals surface area contributed by atoms with E-state index in [4.69, 9.17) is 4.42 Å². The van der Waals surface area contributed by atoms with Crippen molar-refractivity contribution in [2.75, 3.05) is 13.6 Å². The molecular formula is C14H17N2OS+. The quantitative estimate of drug-likeness (QED) is 0.736. The summed E-state index contributed by atoms with van der Waals surface area (Å²) in [4.78, 5) is 2.28. The molecule has 0 radical (unpaired) electrons. The normalized spacial score (nSPS) is 22.3. The maximum atomic E-state index is 5.89. The van der Waals surface area contributed by atoms with Crippen molar-refractivity contribution < 1.29 is 8.98 Å². The molecule has 1 fully saturated rings. The first-order chi connectivity index (χ1) is 8.65. The van der Waals surface area contributed by atoms with Gasteiger partial charge in [-0.05, 0) is 6.07 Å². The standard InChI is InChI=1S/C14H17N2OS/c1-10-9-15(2)14(18-10)8-13-16(3)11-6-4-5-7-12(11)17-13/h4-8,10H,9H2,1-3H3/q+1. The average Bonchev–Trinajstić information content (AvgIpc) is 2.82. The third-order valence-corrected chi connectivity index (χ3v) is 4.47. The van der Waals surface area contributed by atoms with Gasteiger partial charge in [-0.25, -0.2) is 0 Å². The molecule has 1 aliphatic rings. The number of hydrogen-bond donors (Lipinski definition) is 0. The van der Waals surface area contributed by atoms with Crippen molar-refractivity contribution in [3.8, 4) is 0 Å². The van der Waals surface area contributed by atoms with Gasteiger partial charge in [-0.2, -0.15) is 4.57 Å². The Morgan fingerprint density at radius 1 is 1.44 bits per heavy atom. The van der Waals surface area contributed by atoms with E-state index < -0.39 is 0 Å². The lowest BCUT2D eigenvalue weighted by Gasteiger charge is -2.09. The Labute approximate surface area is 111 Å². The summed E-state index contributed by atoms with van der Waals surface area (Å²) in [6.07, 6.45) is 2.13. The van der Waals surface area contributed by atoms with Crippen molar-refractivity contribution in [2.45, 2.75) is 12.2 Å². The molecule has 0 saturated carbocycles. The Kier molecular flexibility index (Phi) is 2.82. The van der Waals surface area contributed by atoms with E-state index in [0.29, 0.717) is 5.25 Å². The van der Waals surface area contributed by atoms with E-state index in [-0.39, 0.29) is 0 Å². The van der Waals surface area contributed by atoms with Crippen LogP contribution in [0.1, 0.15) is 12.8 Å². The van der Waals surface area contributed by atoms with Crippen LogP contribution in [0.4, 0.5) is 0 Å². The molecule has 0 bridgehead atoms. The molecule has 1 atom stereocenters. The highest BCUT2D eigenvalue weighted by Gasteiger charge is 2.24. The maximum absolute atomic E-state index is 5.89. The molecule has 2 heterocycles. The van der Waals surface area contributed by atoms with Crippen molar-refractivity contribution in [3.05, 3.63) is 35.2 Å². The third-order valence-electron chi connectivity index (χ3n) is 3.25. The molecular weight excluding hydrogens is 244 g/mol. The SMILES string of the molecule is CC1CN(C)/C(=C/c2oc3ccccc3[n+]2C)S1. The summed E-state index contributed by atoms with van der Waals surface area (Å²) in [6, 6.07) is 8.12. The highest BCUT2D eigenvalue weighted by atomic mass is 32.2. The molecule has 4 heteroatoms. The molecule has 0 N–H and O–H groups in total.